The second kappa shape index (κ2) is 5.59. The molecule has 0 aromatic carbocycles. The maximum absolute atomic E-state index is 11.9. The van der Waals surface area contributed by atoms with Crippen LogP contribution in [0, 0.1) is 5.92 Å². The maximum atomic E-state index is 11.9. The molecule has 0 aliphatic carbocycles. The van der Waals surface area contributed by atoms with Gasteiger partial charge in [-0.2, -0.15) is 9.61 Å². The van der Waals surface area contributed by atoms with E-state index in [2.05, 4.69) is 21.9 Å². The molecule has 1 fully saturated rings. The monoisotopic (exact) mass is 293 g/mol. The molecule has 0 saturated carbocycles. The van der Waals surface area contributed by atoms with Crippen molar-refractivity contribution in [3.05, 3.63) is 27.6 Å². The predicted molar refractivity (Wildman–Crippen MR) is 78.8 cm³/mol. The van der Waals surface area contributed by atoms with E-state index in [-0.39, 0.29) is 11.6 Å². The Bertz CT molecular complexity index is 649. The molecule has 0 radical (unpaired) electrons. The van der Waals surface area contributed by atoms with Gasteiger partial charge in [-0.05, 0) is 32.2 Å². The quantitative estimate of drug-likeness (QED) is 0.902. The van der Waals surface area contributed by atoms with Crippen molar-refractivity contribution in [1.82, 2.24) is 19.5 Å². The molecule has 2 atom stereocenters. The zero-order chi connectivity index (χ0) is 14.1. The van der Waals surface area contributed by atoms with Gasteiger partial charge in [0, 0.05) is 25.2 Å². The third kappa shape index (κ3) is 2.74. The fraction of sp³-hybridized carbons (Fsp3) is 0.615. The summed E-state index contributed by atoms with van der Waals surface area (Å²) in [4.78, 5) is 19.4. The van der Waals surface area contributed by atoms with Crippen molar-refractivity contribution in [3.8, 4) is 0 Å². The van der Waals surface area contributed by atoms with Gasteiger partial charge in [-0.25, -0.2) is 4.98 Å². The summed E-state index contributed by atoms with van der Waals surface area (Å²) < 4.78 is 1.34. The van der Waals surface area contributed by atoms with Crippen molar-refractivity contribution >= 4 is 16.3 Å². The first-order valence-electron chi connectivity index (χ1n) is 6.94. The lowest BCUT2D eigenvalue weighted by Gasteiger charge is -2.34. The van der Waals surface area contributed by atoms with Crippen molar-refractivity contribution in [2.24, 2.45) is 11.7 Å². The smallest absolute Gasteiger partial charge is 0.275 e. The molecule has 2 N–H and O–H groups in total. The summed E-state index contributed by atoms with van der Waals surface area (Å²) in [6.45, 7) is 4.82. The van der Waals surface area contributed by atoms with Gasteiger partial charge in [0.05, 0.1) is 5.69 Å². The second-order valence-corrected chi connectivity index (χ2v) is 6.33. The number of aromatic nitrogens is 3. The molecule has 108 valence electrons. The van der Waals surface area contributed by atoms with Crippen LogP contribution in [0.5, 0.6) is 0 Å². The zero-order valence-corrected chi connectivity index (χ0v) is 12.3. The molecular weight excluding hydrogens is 274 g/mol. The van der Waals surface area contributed by atoms with Crippen LogP contribution in [0.4, 0.5) is 0 Å². The highest BCUT2D eigenvalue weighted by Gasteiger charge is 2.23. The molecule has 7 heteroatoms. The highest BCUT2D eigenvalue weighted by Crippen LogP contribution is 2.20. The van der Waals surface area contributed by atoms with Crippen LogP contribution < -0.4 is 11.3 Å². The normalized spacial score (nSPS) is 22.2. The maximum Gasteiger partial charge on any atom is 0.275 e. The minimum absolute atomic E-state index is 0.105. The lowest BCUT2D eigenvalue weighted by atomic mass is 9.92. The average molecular weight is 293 g/mol. The van der Waals surface area contributed by atoms with Crippen molar-refractivity contribution < 1.29 is 0 Å². The topological polar surface area (TPSA) is 76.5 Å². The first-order valence-corrected chi connectivity index (χ1v) is 7.82. The van der Waals surface area contributed by atoms with Crippen LogP contribution in [0.2, 0.25) is 0 Å². The highest BCUT2D eigenvalue weighted by atomic mass is 32.1. The number of nitrogens with two attached hydrogens (primary N) is 1. The van der Waals surface area contributed by atoms with Gasteiger partial charge in [0.1, 0.15) is 5.51 Å². The van der Waals surface area contributed by atoms with Crippen molar-refractivity contribution in [2.75, 3.05) is 13.1 Å². The van der Waals surface area contributed by atoms with E-state index in [1.807, 2.05) is 0 Å². The van der Waals surface area contributed by atoms with Gasteiger partial charge in [-0.15, -0.1) is 0 Å². The Labute approximate surface area is 121 Å². The van der Waals surface area contributed by atoms with E-state index in [4.69, 9.17) is 5.73 Å². The van der Waals surface area contributed by atoms with E-state index >= 15 is 0 Å². The van der Waals surface area contributed by atoms with Gasteiger partial charge in [0.15, 0.2) is 0 Å². The van der Waals surface area contributed by atoms with Crippen LogP contribution in [0.15, 0.2) is 16.4 Å². The van der Waals surface area contributed by atoms with E-state index in [9.17, 15) is 4.79 Å². The lowest BCUT2D eigenvalue weighted by Crippen LogP contribution is -2.42. The van der Waals surface area contributed by atoms with Crippen LogP contribution >= 0.6 is 11.3 Å². The summed E-state index contributed by atoms with van der Waals surface area (Å²) >= 11 is 1.39. The fourth-order valence-electron chi connectivity index (χ4n) is 2.78. The van der Waals surface area contributed by atoms with Crippen molar-refractivity contribution in [3.63, 3.8) is 0 Å². The Morgan fingerprint density at radius 2 is 2.45 bits per heavy atom. The summed E-state index contributed by atoms with van der Waals surface area (Å²) in [5, 5.41) is 3.97. The van der Waals surface area contributed by atoms with Crippen LogP contribution in [0.3, 0.4) is 0 Å². The minimum Gasteiger partial charge on any atom is -0.328 e. The third-order valence-corrected chi connectivity index (χ3v) is 4.59. The molecule has 1 saturated heterocycles. The highest BCUT2D eigenvalue weighted by molar-refractivity contribution is 7.14. The summed E-state index contributed by atoms with van der Waals surface area (Å²) in [6, 6.07) is 1.81. The molecule has 20 heavy (non-hydrogen) atoms. The van der Waals surface area contributed by atoms with Gasteiger partial charge < -0.3 is 5.73 Å². The minimum atomic E-state index is -0.105. The molecule has 0 spiro atoms. The molecular formula is C13H19N5OS. The molecule has 1 aliphatic rings. The average Bonchev–Trinajstić information content (AvgIpc) is 2.88. The van der Waals surface area contributed by atoms with Gasteiger partial charge in [0.25, 0.3) is 5.56 Å². The summed E-state index contributed by atoms with van der Waals surface area (Å²) in [6.07, 6.45) is 2.35. The van der Waals surface area contributed by atoms with E-state index in [0.29, 0.717) is 17.4 Å². The number of rotatable bonds is 3. The SMILES string of the molecule is CC(N)C1CCCN(Cc2cc(=O)n3ncsc3n2)C1. The van der Waals surface area contributed by atoms with E-state index in [1.54, 1.807) is 11.6 Å². The second-order valence-electron chi connectivity index (χ2n) is 5.52. The Hall–Kier alpha value is -1.31. The summed E-state index contributed by atoms with van der Waals surface area (Å²) in [7, 11) is 0. The molecule has 2 aromatic rings. The van der Waals surface area contributed by atoms with Crippen LogP contribution in [0.1, 0.15) is 25.5 Å². The number of hydrogen-bond acceptors (Lipinski definition) is 6. The molecule has 0 bridgehead atoms. The molecule has 0 amide bonds. The van der Waals surface area contributed by atoms with Crippen LogP contribution in [0.25, 0.3) is 4.96 Å². The van der Waals surface area contributed by atoms with E-state index in [0.717, 1.165) is 25.2 Å². The fourth-order valence-corrected chi connectivity index (χ4v) is 3.42. The Balaban J connectivity index is 1.77. The number of piperidine rings is 1. The third-order valence-electron chi connectivity index (χ3n) is 3.91. The predicted octanol–water partition coefficient (Wildman–Crippen LogP) is 0.710. The van der Waals surface area contributed by atoms with Gasteiger partial charge in [-0.1, -0.05) is 11.3 Å². The molecule has 2 aromatic heterocycles. The number of hydrogen-bond donors (Lipinski definition) is 1. The number of likely N-dealkylation sites (tertiary alicyclic amines) is 1. The van der Waals surface area contributed by atoms with Crippen LogP contribution in [-0.4, -0.2) is 38.6 Å². The van der Waals surface area contributed by atoms with Crippen molar-refractivity contribution in [2.45, 2.75) is 32.4 Å². The first-order chi connectivity index (χ1) is 9.63. The molecule has 6 nitrogen and oxygen atoms in total. The van der Waals surface area contributed by atoms with Crippen molar-refractivity contribution in [1.29, 1.82) is 0 Å². The molecule has 3 heterocycles. The standard InChI is InChI=1S/C13H19N5OS/c1-9(14)10-3-2-4-17(6-10)7-11-5-12(19)18-13(16-11)20-8-15-18/h5,8-10H,2-4,6-7,14H2,1H3. The number of fused-ring (bicyclic) bond motifs is 1. The Kier molecular flexibility index (Phi) is 3.82. The Morgan fingerprint density at radius 1 is 1.60 bits per heavy atom. The molecule has 1 aliphatic heterocycles. The number of nitrogens with zero attached hydrogens (tertiary/aromatic N) is 4. The van der Waals surface area contributed by atoms with Gasteiger partial charge >= 0.3 is 0 Å². The summed E-state index contributed by atoms with van der Waals surface area (Å²) in [5.41, 5.74) is 8.36. The van der Waals surface area contributed by atoms with Crippen LogP contribution in [-0.2, 0) is 6.54 Å². The largest absolute Gasteiger partial charge is 0.328 e. The van der Waals surface area contributed by atoms with E-state index in [1.165, 1.54) is 22.3 Å². The summed E-state index contributed by atoms with van der Waals surface area (Å²) in [5.74, 6) is 0.539. The van der Waals surface area contributed by atoms with Gasteiger partial charge in [0.2, 0.25) is 4.96 Å². The van der Waals surface area contributed by atoms with E-state index < -0.39 is 0 Å². The molecule has 3 rings (SSSR count). The molecule has 2 unspecified atom stereocenters. The Morgan fingerprint density at radius 3 is 3.25 bits per heavy atom. The zero-order valence-electron chi connectivity index (χ0n) is 11.5. The van der Waals surface area contributed by atoms with Gasteiger partial charge in [-0.3, -0.25) is 9.69 Å². The first kappa shape index (κ1) is 13.7. The lowest BCUT2D eigenvalue weighted by molar-refractivity contribution is 0.153.